The highest BCUT2D eigenvalue weighted by atomic mass is 16.2. The molecule has 4 bridgehead atoms. The summed E-state index contributed by atoms with van der Waals surface area (Å²) >= 11 is 0. The van der Waals surface area contributed by atoms with Crippen LogP contribution in [-0.2, 0) is 9.59 Å². The molecule has 122 valence electrons. The highest BCUT2D eigenvalue weighted by molar-refractivity contribution is 5.84. The van der Waals surface area contributed by atoms with Crippen LogP contribution in [0.15, 0.2) is 0 Å². The van der Waals surface area contributed by atoms with E-state index in [9.17, 15) is 9.59 Å². The van der Waals surface area contributed by atoms with Crippen LogP contribution >= 0.6 is 0 Å². The predicted octanol–water partition coefficient (Wildman–Crippen LogP) is 2.33. The molecule has 0 radical (unpaired) electrons. The van der Waals surface area contributed by atoms with Gasteiger partial charge in [0.25, 0.3) is 0 Å². The van der Waals surface area contributed by atoms with Crippen molar-refractivity contribution in [3.05, 3.63) is 0 Å². The molecular weight excluding hydrogens is 276 g/mol. The van der Waals surface area contributed by atoms with Crippen LogP contribution in [0.1, 0.15) is 57.8 Å². The lowest BCUT2D eigenvalue weighted by Crippen LogP contribution is -2.53. The fraction of sp³-hybridized carbons (Fsp3) is 0.889. The largest absolute Gasteiger partial charge is 0.355 e. The monoisotopic (exact) mass is 304 g/mol. The smallest absolute Gasteiger partial charge is 0.226 e. The summed E-state index contributed by atoms with van der Waals surface area (Å²) in [4.78, 5) is 26.8. The Balaban J connectivity index is 1.30. The molecule has 22 heavy (non-hydrogen) atoms. The SMILES string of the molecule is O=C(CCNC(=O)C12CC3CC(CC(C3)C1)C2)N1CCCC1. The number of amides is 2. The summed E-state index contributed by atoms with van der Waals surface area (Å²) in [7, 11) is 0. The van der Waals surface area contributed by atoms with Gasteiger partial charge in [0, 0.05) is 31.5 Å². The number of hydrogen-bond acceptors (Lipinski definition) is 2. The summed E-state index contributed by atoms with van der Waals surface area (Å²) in [6, 6.07) is 0. The molecule has 5 rings (SSSR count). The minimum absolute atomic E-state index is 0.0779. The lowest BCUT2D eigenvalue weighted by Gasteiger charge is -2.55. The molecule has 0 spiro atoms. The third-order valence-corrected chi connectivity index (χ3v) is 6.60. The number of rotatable bonds is 4. The second-order valence-corrected chi connectivity index (χ2v) is 8.29. The van der Waals surface area contributed by atoms with Crippen molar-refractivity contribution in [2.45, 2.75) is 57.8 Å². The van der Waals surface area contributed by atoms with Crippen molar-refractivity contribution >= 4 is 11.8 Å². The molecule has 1 saturated heterocycles. The van der Waals surface area contributed by atoms with Crippen molar-refractivity contribution < 1.29 is 9.59 Å². The van der Waals surface area contributed by atoms with E-state index in [0.717, 1.165) is 62.9 Å². The molecule has 0 aromatic carbocycles. The van der Waals surface area contributed by atoms with E-state index in [1.807, 2.05) is 4.90 Å². The maximum absolute atomic E-state index is 12.8. The van der Waals surface area contributed by atoms with Gasteiger partial charge in [-0.05, 0) is 69.1 Å². The number of carbonyl (C=O) groups excluding carboxylic acids is 2. The average molecular weight is 304 g/mol. The van der Waals surface area contributed by atoms with E-state index in [2.05, 4.69) is 5.32 Å². The topological polar surface area (TPSA) is 49.4 Å². The minimum Gasteiger partial charge on any atom is -0.355 e. The Labute approximate surface area is 133 Å². The molecule has 4 nitrogen and oxygen atoms in total. The molecule has 0 unspecified atom stereocenters. The molecule has 0 aromatic heterocycles. The second-order valence-electron chi connectivity index (χ2n) is 8.29. The average Bonchev–Trinajstić information content (AvgIpc) is 2.99. The summed E-state index contributed by atoms with van der Waals surface area (Å²) in [6.45, 7) is 2.33. The third kappa shape index (κ3) is 2.55. The van der Waals surface area contributed by atoms with Gasteiger partial charge in [0.1, 0.15) is 0 Å². The van der Waals surface area contributed by atoms with Crippen LogP contribution in [0.25, 0.3) is 0 Å². The fourth-order valence-corrected chi connectivity index (χ4v) is 5.98. The highest BCUT2D eigenvalue weighted by Gasteiger charge is 2.54. The summed E-state index contributed by atoms with van der Waals surface area (Å²) in [6.07, 6.45) is 10.1. The van der Waals surface area contributed by atoms with E-state index in [1.54, 1.807) is 0 Å². The molecule has 1 N–H and O–H groups in total. The van der Waals surface area contributed by atoms with Gasteiger partial charge < -0.3 is 10.2 Å². The van der Waals surface area contributed by atoms with Gasteiger partial charge in [-0.2, -0.15) is 0 Å². The van der Waals surface area contributed by atoms with Crippen molar-refractivity contribution in [2.24, 2.45) is 23.2 Å². The summed E-state index contributed by atoms with van der Waals surface area (Å²) in [5, 5.41) is 3.11. The Morgan fingerprint density at radius 2 is 1.50 bits per heavy atom. The van der Waals surface area contributed by atoms with E-state index in [0.29, 0.717) is 13.0 Å². The minimum atomic E-state index is -0.0779. The molecule has 1 aliphatic heterocycles. The molecule has 2 amide bonds. The Kier molecular flexibility index (Phi) is 3.66. The van der Waals surface area contributed by atoms with Crippen molar-refractivity contribution in [3.63, 3.8) is 0 Å². The molecule has 4 heteroatoms. The van der Waals surface area contributed by atoms with E-state index >= 15 is 0 Å². The number of hydrogen-bond donors (Lipinski definition) is 1. The first-order valence-corrected chi connectivity index (χ1v) is 9.21. The van der Waals surface area contributed by atoms with E-state index in [1.165, 1.54) is 19.3 Å². The summed E-state index contributed by atoms with van der Waals surface area (Å²) < 4.78 is 0. The standard InChI is InChI=1S/C18H28N2O2/c21-16(20-5-1-2-6-20)3-4-19-17(22)18-10-13-7-14(11-18)9-15(8-13)12-18/h13-15H,1-12H2,(H,19,22). The van der Waals surface area contributed by atoms with Gasteiger partial charge in [0.05, 0.1) is 0 Å². The molecule has 0 aromatic rings. The molecular formula is C18H28N2O2. The van der Waals surface area contributed by atoms with E-state index in [4.69, 9.17) is 0 Å². The van der Waals surface area contributed by atoms with E-state index in [-0.39, 0.29) is 17.2 Å². The molecule has 5 fully saturated rings. The zero-order valence-corrected chi connectivity index (χ0v) is 13.5. The summed E-state index contributed by atoms with van der Waals surface area (Å²) in [5.41, 5.74) is -0.0779. The second kappa shape index (κ2) is 5.54. The van der Waals surface area contributed by atoms with Gasteiger partial charge in [0.15, 0.2) is 0 Å². The lowest BCUT2D eigenvalue weighted by molar-refractivity contribution is -0.146. The Hall–Kier alpha value is -1.06. The third-order valence-electron chi connectivity index (χ3n) is 6.60. The zero-order valence-electron chi connectivity index (χ0n) is 13.5. The molecule has 4 saturated carbocycles. The van der Waals surface area contributed by atoms with Crippen molar-refractivity contribution in [2.75, 3.05) is 19.6 Å². The van der Waals surface area contributed by atoms with Gasteiger partial charge in [-0.1, -0.05) is 0 Å². The van der Waals surface area contributed by atoms with Crippen LogP contribution in [0.3, 0.4) is 0 Å². The Bertz CT molecular complexity index is 432. The maximum Gasteiger partial charge on any atom is 0.226 e. The number of nitrogens with zero attached hydrogens (tertiary/aromatic N) is 1. The lowest BCUT2D eigenvalue weighted by atomic mass is 9.49. The first-order chi connectivity index (χ1) is 10.6. The number of carbonyl (C=O) groups is 2. The van der Waals surface area contributed by atoms with E-state index < -0.39 is 0 Å². The van der Waals surface area contributed by atoms with Crippen LogP contribution in [0.4, 0.5) is 0 Å². The normalized spacial score (nSPS) is 39.3. The molecule has 5 aliphatic rings. The quantitative estimate of drug-likeness (QED) is 0.866. The van der Waals surface area contributed by atoms with Crippen LogP contribution in [0, 0.1) is 23.2 Å². The Morgan fingerprint density at radius 3 is 2.05 bits per heavy atom. The van der Waals surface area contributed by atoms with Crippen LogP contribution in [0.2, 0.25) is 0 Å². The zero-order chi connectivity index (χ0) is 15.2. The van der Waals surface area contributed by atoms with Gasteiger partial charge in [-0.25, -0.2) is 0 Å². The molecule has 1 heterocycles. The van der Waals surface area contributed by atoms with Gasteiger partial charge in [-0.15, -0.1) is 0 Å². The van der Waals surface area contributed by atoms with Gasteiger partial charge >= 0.3 is 0 Å². The number of nitrogens with one attached hydrogen (secondary N) is 1. The van der Waals surface area contributed by atoms with Crippen molar-refractivity contribution in [1.82, 2.24) is 10.2 Å². The van der Waals surface area contributed by atoms with Crippen LogP contribution < -0.4 is 5.32 Å². The van der Waals surface area contributed by atoms with Gasteiger partial charge in [-0.3, -0.25) is 9.59 Å². The van der Waals surface area contributed by atoms with Crippen LogP contribution in [-0.4, -0.2) is 36.3 Å². The summed E-state index contributed by atoms with van der Waals surface area (Å²) in [5.74, 6) is 2.85. The number of likely N-dealkylation sites (tertiary alicyclic amines) is 1. The maximum atomic E-state index is 12.8. The van der Waals surface area contributed by atoms with Crippen molar-refractivity contribution in [1.29, 1.82) is 0 Å². The fourth-order valence-electron chi connectivity index (χ4n) is 5.98. The van der Waals surface area contributed by atoms with Crippen molar-refractivity contribution in [3.8, 4) is 0 Å². The van der Waals surface area contributed by atoms with Crippen LogP contribution in [0.5, 0.6) is 0 Å². The van der Waals surface area contributed by atoms with Gasteiger partial charge in [0.2, 0.25) is 11.8 Å². The molecule has 4 aliphatic carbocycles. The first kappa shape index (κ1) is 14.5. The Morgan fingerprint density at radius 1 is 0.955 bits per heavy atom. The first-order valence-electron chi connectivity index (χ1n) is 9.21. The highest BCUT2D eigenvalue weighted by Crippen LogP contribution is 2.60. The predicted molar refractivity (Wildman–Crippen MR) is 84.0 cm³/mol. The molecule has 0 atom stereocenters.